The molecule has 3 heteroatoms. The Labute approximate surface area is 95.8 Å². The third kappa shape index (κ3) is 4.52. The summed E-state index contributed by atoms with van der Waals surface area (Å²) >= 11 is 0. The normalized spacial score (nSPS) is 11.2. The molecular formula is C13H15NO2. The lowest BCUT2D eigenvalue weighted by atomic mass is 10.2. The van der Waals surface area contributed by atoms with Gasteiger partial charge in [0.1, 0.15) is 6.61 Å². The minimum atomic E-state index is -0.439. The van der Waals surface area contributed by atoms with Crippen LogP contribution >= 0.6 is 0 Å². The molecule has 0 fully saturated rings. The van der Waals surface area contributed by atoms with E-state index in [9.17, 15) is 4.79 Å². The highest BCUT2D eigenvalue weighted by Crippen LogP contribution is 2.00. The zero-order valence-corrected chi connectivity index (χ0v) is 9.27. The fraction of sp³-hybridized carbons (Fsp3) is 0.308. The molecule has 1 N–H and O–H groups in total. The number of amides is 1. The first kappa shape index (κ1) is 12.1. The van der Waals surface area contributed by atoms with Crippen molar-refractivity contribution in [2.75, 3.05) is 6.54 Å². The number of rotatable bonds is 4. The van der Waals surface area contributed by atoms with Gasteiger partial charge < -0.3 is 10.1 Å². The number of alkyl carbamates (subject to hydrolysis) is 1. The average Bonchev–Trinajstić information content (AvgIpc) is 2.34. The highest BCUT2D eigenvalue weighted by Gasteiger charge is 2.03. The van der Waals surface area contributed by atoms with E-state index in [4.69, 9.17) is 11.2 Å². The van der Waals surface area contributed by atoms with Crippen molar-refractivity contribution in [2.45, 2.75) is 13.5 Å². The second-order valence-electron chi connectivity index (χ2n) is 3.51. The van der Waals surface area contributed by atoms with E-state index in [0.717, 1.165) is 5.56 Å². The zero-order chi connectivity index (χ0) is 11.8. The van der Waals surface area contributed by atoms with Gasteiger partial charge in [0.05, 0.1) is 0 Å². The molecule has 0 saturated carbocycles. The molecule has 1 aromatic carbocycles. The molecule has 0 spiro atoms. The van der Waals surface area contributed by atoms with E-state index in [1.54, 1.807) is 0 Å². The van der Waals surface area contributed by atoms with Crippen molar-refractivity contribution in [1.82, 2.24) is 5.32 Å². The molecule has 0 bridgehead atoms. The van der Waals surface area contributed by atoms with Crippen LogP contribution in [-0.2, 0) is 11.3 Å². The number of nitrogens with one attached hydrogen (secondary N) is 1. The summed E-state index contributed by atoms with van der Waals surface area (Å²) in [6.07, 6.45) is 4.74. The van der Waals surface area contributed by atoms with E-state index < -0.39 is 6.09 Å². The fourth-order valence-corrected chi connectivity index (χ4v) is 1.07. The van der Waals surface area contributed by atoms with E-state index in [1.807, 2.05) is 37.3 Å². The summed E-state index contributed by atoms with van der Waals surface area (Å²) in [5.41, 5.74) is 0.961. The van der Waals surface area contributed by atoms with E-state index in [0.29, 0.717) is 6.54 Å². The number of hydrogen-bond acceptors (Lipinski definition) is 2. The van der Waals surface area contributed by atoms with Crippen molar-refractivity contribution < 1.29 is 9.53 Å². The van der Waals surface area contributed by atoms with Crippen LogP contribution < -0.4 is 5.32 Å². The third-order valence-corrected chi connectivity index (χ3v) is 2.05. The largest absolute Gasteiger partial charge is 0.445 e. The van der Waals surface area contributed by atoms with Gasteiger partial charge in [-0.3, -0.25) is 0 Å². The second kappa shape index (κ2) is 6.52. The van der Waals surface area contributed by atoms with Crippen molar-refractivity contribution in [3.8, 4) is 12.3 Å². The van der Waals surface area contributed by atoms with Gasteiger partial charge >= 0.3 is 6.09 Å². The summed E-state index contributed by atoms with van der Waals surface area (Å²) in [7, 11) is 0. The Bertz CT molecular complexity index is 367. The monoisotopic (exact) mass is 217 g/mol. The standard InChI is InChI=1S/C13H15NO2/c1-3-11(2)9-14-13(15)16-10-12-7-5-4-6-8-12/h1,4-8,11H,9-10H2,2H3,(H,14,15). The van der Waals surface area contributed by atoms with Crippen LogP contribution in [0.5, 0.6) is 0 Å². The summed E-state index contributed by atoms with van der Waals surface area (Å²) in [6.45, 7) is 2.57. The molecule has 0 aromatic heterocycles. The van der Waals surface area contributed by atoms with Crippen molar-refractivity contribution in [1.29, 1.82) is 0 Å². The van der Waals surface area contributed by atoms with Crippen LogP contribution in [0.1, 0.15) is 12.5 Å². The SMILES string of the molecule is C#CC(C)CNC(=O)OCc1ccccc1. The Hall–Kier alpha value is -1.95. The van der Waals surface area contributed by atoms with E-state index in [1.165, 1.54) is 0 Å². The van der Waals surface area contributed by atoms with Crippen molar-refractivity contribution in [3.63, 3.8) is 0 Å². The van der Waals surface area contributed by atoms with E-state index in [-0.39, 0.29) is 12.5 Å². The van der Waals surface area contributed by atoms with Crippen molar-refractivity contribution in [2.24, 2.45) is 5.92 Å². The van der Waals surface area contributed by atoms with Crippen LogP contribution in [0.3, 0.4) is 0 Å². The van der Waals surface area contributed by atoms with Gasteiger partial charge in [0.2, 0.25) is 0 Å². The van der Waals surface area contributed by atoms with Crippen molar-refractivity contribution in [3.05, 3.63) is 35.9 Å². The van der Waals surface area contributed by atoms with Crippen LogP contribution in [0.2, 0.25) is 0 Å². The lowest BCUT2D eigenvalue weighted by molar-refractivity contribution is 0.139. The fourth-order valence-electron chi connectivity index (χ4n) is 1.07. The summed E-state index contributed by atoms with van der Waals surface area (Å²) in [6, 6.07) is 9.51. The first-order valence-electron chi connectivity index (χ1n) is 5.13. The zero-order valence-electron chi connectivity index (χ0n) is 9.27. The summed E-state index contributed by atoms with van der Waals surface area (Å²) in [5, 5.41) is 2.60. The average molecular weight is 217 g/mol. The van der Waals surface area contributed by atoms with Crippen molar-refractivity contribution >= 4 is 6.09 Å². The van der Waals surface area contributed by atoms with Gasteiger partial charge in [-0.1, -0.05) is 30.3 Å². The maximum Gasteiger partial charge on any atom is 0.407 e. The number of carbonyl (C=O) groups is 1. The Morgan fingerprint density at radius 1 is 1.50 bits per heavy atom. The molecule has 1 rings (SSSR count). The Morgan fingerprint density at radius 3 is 2.81 bits per heavy atom. The molecule has 0 aliphatic carbocycles. The maximum atomic E-state index is 11.2. The molecule has 84 valence electrons. The molecule has 1 amide bonds. The first-order valence-corrected chi connectivity index (χ1v) is 5.13. The van der Waals surface area contributed by atoms with Crippen LogP contribution in [-0.4, -0.2) is 12.6 Å². The minimum absolute atomic E-state index is 0.0178. The van der Waals surface area contributed by atoms with Gasteiger partial charge in [-0.05, 0) is 12.5 Å². The predicted molar refractivity (Wildman–Crippen MR) is 62.6 cm³/mol. The summed E-state index contributed by atoms with van der Waals surface area (Å²) < 4.78 is 5.00. The third-order valence-electron chi connectivity index (χ3n) is 2.05. The Kier molecular flexibility index (Phi) is 4.94. The molecular weight excluding hydrogens is 202 g/mol. The molecule has 0 heterocycles. The van der Waals surface area contributed by atoms with E-state index in [2.05, 4.69) is 11.2 Å². The van der Waals surface area contributed by atoms with Gasteiger partial charge in [0, 0.05) is 12.5 Å². The van der Waals surface area contributed by atoms with Gasteiger partial charge in [-0.2, -0.15) is 0 Å². The summed E-state index contributed by atoms with van der Waals surface area (Å²) in [5.74, 6) is 2.54. The lowest BCUT2D eigenvalue weighted by Gasteiger charge is -2.08. The molecule has 0 radical (unpaired) electrons. The lowest BCUT2D eigenvalue weighted by Crippen LogP contribution is -2.28. The van der Waals surface area contributed by atoms with Gasteiger partial charge in [0.15, 0.2) is 0 Å². The number of benzene rings is 1. The molecule has 16 heavy (non-hydrogen) atoms. The number of terminal acetylenes is 1. The smallest absolute Gasteiger partial charge is 0.407 e. The van der Waals surface area contributed by atoms with Crippen LogP contribution in [0.25, 0.3) is 0 Å². The Balaban J connectivity index is 2.24. The molecule has 1 aromatic rings. The second-order valence-corrected chi connectivity index (χ2v) is 3.51. The number of hydrogen-bond donors (Lipinski definition) is 1. The Morgan fingerprint density at radius 2 is 2.19 bits per heavy atom. The minimum Gasteiger partial charge on any atom is -0.445 e. The first-order chi connectivity index (χ1) is 7.72. The quantitative estimate of drug-likeness (QED) is 0.785. The molecule has 1 unspecified atom stereocenters. The van der Waals surface area contributed by atoms with Gasteiger partial charge in [-0.25, -0.2) is 4.79 Å². The highest BCUT2D eigenvalue weighted by atomic mass is 16.5. The van der Waals surface area contributed by atoms with Crippen LogP contribution in [0.15, 0.2) is 30.3 Å². The van der Waals surface area contributed by atoms with Crippen LogP contribution in [0, 0.1) is 18.3 Å². The molecule has 3 nitrogen and oxygen atoms in total. The van der Waals surface area contributed by atoms with Gasteiger partial charge in [0.25, 0.3) is 0 Å². The van der Waals surface area contributed by atoms with E-state index >= 15 is 0 Å². The maximum absolute atomic E-state index is 11.2. The summed E-state index contributed by atoms with van der Waals surface area (Å²) in [4.78, 5) is 11.2. The predicted octanol–water partition coefficient (Wildman–Crippen LogP) is 2.18. The highest BCUT2D eigenvalue weighted by molar-refractivity contribution is 5.67. The molecule has 1 atom stereocenters. The molecule has 0 aliphatic rings. The molecule has 0 saturated heterocycles. The number of ether oxygens (including phenoxy) is 1. The molecule has 0 aliphatic heterocycles. The topological polar surface area (TPSA) is 38.3 Å². The van der Waals surface area contributed by atoms with Crippen LogP contribution in [0.4, 0.5) is 4.79 Å². The number of carbonyl (C=O) groups excluding carboxylic acids is 1. The van der Waals surface area contributed by atoms with Gasteiger partial charge in [-0.15, -0.1) is 12.3 Å².